The average Bonchev–Trinajstić information content (AvgIpc) is 3.31. The van der Waals surface area contributed by atoms with Gasteiger partial charge in [0.2, 0.25) is 5.91 Å². The number of urea groups is 1. The Kier molecular flexibility index (Phi) is 5.08. The number of benzene rings is 1. The first-order valence-electron chi connectivity index (χ1n) is 10.3. The van der Waals surface area contributed by atoms with Gasteiger partial charge in [0.25, 0.3) is 11.6 Å². The maximum absolute atomic E-state index is 13.0. The van der Waals surface area contributed by atoms with Gasteiger partial charge >= 0.3 is 6.03 Å². The quantitative estimate of drug-likeness (QED) is 0.453. The smallest absolute Gasteiger partial charge is 0.325 e. The minimum atomic E-state index is -0.880. The summed E-state index contributed by atoms with van der Waals surface area (Å²) in [5.74, 6) is -0.583. The first-order valence-corrected chi connectivity index (χ1v) is 10.3. The zero-order valence-electron chi connectivity index (χ0n) is 16.9. The molecule has 1 aliphatic carbocycles. The minimum absolute atomic E-state index is 0.0341. The van der Waals surface area contributed by atoms with Crippen molar-refractivity contribution in [2.75, 3.05) is 31.1 Å². The van der Waals surface area contributed by atoms with Crippen molar-refractivity contribution in [2.45, 2.75) is 44.2 Å². The molecule has 2 heterocycles. The lowest BCUT2D eigenvalue weighted by molar-refractivity contribution is -0.384. The van der Waals surface area contributed by atoms with Crippen LogP contribution in [0.5, 0.6) is 0 Å². The third-order valence-corrected chi connectivity index (χ3v) is 6.41. The highest BCUT2D eigenvalue weighted by molar-refractivity contribution is 6.10. The van der Waals surface area contributed by atoms with E-state index in [4.69, 9.17) is 0 Å². The van der Waals surface area contributed by atoms with Crippen LogP contribution in [0.2, 0.25) is 0 Å². The van der Waals surface area contributed by atoms with E-state index in [1.165, 1.54) is 6.07 Å². The lowest BCUT2D eigenvalue weighted by atomic mass is 9.97. The van der Waals surface area contributed by atoms with Crippen molar-refractivity contribution in [1.29, 1.82) is 0 Å². The number of hydrogen-bond acceptors (Lipinski definition) is 6. The molecule has 1 saturated carbocycles. The Morgan fingerprint density at radius 1 is 1.13 bits per heavy atom. The zero-order valence-corrected chi connectivity index (χ0v) is 16.9. The molecule has 1 aromatic carbocycles. The van der Waals surface area contributed by atoms with Crippen LogP contribution in [0.4, 0.5) is 16.2 Å². The lowest BCUT2D eigenvalue weighted by Gasteiger charge is -2.37. The molecule has 2 saturated heterocycles. The second-order valence-corrected chi connectivity index (χ2v) is 8.13. The van der Waals surface area contributed by atoms with Crippen LogP contribution >= 0.6 is 0 Å². The molecule has 160 valence electrons. The first-order chi connectivity index (χ1) is 14.3. The highest BCUT2D eigenvalue weighted by atomic mass is 16.6. The normalized spacial score (nSPS) is 21.8. The molecule has 1 unspecified atom stereocenters. The third-order valence-electron chi connectivity index (χ3n) is 6.41. The monoisotopic (exact) mass is 415 g/mol. The van der Waals surface area contributed by atoms with Crippen LogP contribution in [0.15, 0.2) is 24.3 Å². The molecule has 3 fully saturated rings. The Morgan fingerprint density at radius 2 is 1.77 bits per heavy atom. The summed E-state index contributed by atoms with van der Waals surface area (Å²) in [6.07, 6.45) is 3.00. The van der Waals surface area contributed by atoms with E-state index in [9.17, 15) is 24.5 Å². The van der Waals surface area contributed by atoms with Crippen LogP contribution in [0, 0.1) is 10.1 Å². The Balaban J connectivity index is 1.42. The van der Waals surface area contributed by atoms with E-state index in [2.05, 4.69) is 5.32 Å². The number of hydrogen-bond donors (Lipinski definition) is 1. The number of imide groups is 1. The van der Waals surface area contributed by atoms with E-state index in [1.807, 2.05) is 4.90 Å². The fourth-order valence-corrected chi connectivity index (χ4v) is 4.74. The van der Waals surface area contributed by atoms with Gasteiger partial charge in [-0.15, -0.1) is 0 Å². The van der Waals surface area contributed by atoms with Crippen molar-refractivity contribution in [3.63, 3.8) is 0 Å². The van der Waals surface area contributed by atoms with E-state index < -0.39 is 22.5 Å². The van der Waals surface area contributed by atoms with Crippen molar-refractivity contribution in [3.05, 3.63) is 34.4 Å². The molecule has 0 aromatic heterocycles. The van der Waals surface area contributed by atoms with Gasteiger partial charge in [0.1, 0.15) is 17.3 Å². The molecule has 10 nitrogen and oxygen atoms in total. The van der Waals surface area contributed by atoms with Gasteiger partial charge in [-0.05, 0) is 25.8 Å². The predicted molar refractivity (Wildman–Crippen MR) is 108 cm³/mol. The number of nitrogens with zero attached hydrogens (tertiary/aromatic N) is 4. The van der Waals surface area contributed by atoms with Crippen molar-refractivity contribution >= 4 is 29.2 Å². The summed E-state index contributed by atoms with van der Waals surface area (Å²) in [7, 11) is 0. The van der Waals surface area contributed by atoms with E-state index in [-0.39, 0.29) is 17.5 Å². The van der Waals surface area contributed by atoms with Gasteiger partial charge in [-0.2, -0.15) is 0 Å². The van der Waals surface area contributed by atoms with Gasteiger partial charge in [-0.1, -0.05) is 25.0 Å². The van der Waals surface area contributed by atoms with Crippen molar-refractivity contribution < 1.29 is 19.3 Å². The number of carbonyl (C=O) groups is 3. The number of amides is 4. The molecule has 10 heteroatoms. The molecule has 1 N–H and O–H groups in total. The molecule has 30 heavy (non-hydrogen) atoms. The van der Waals surface area contributed by atoms with Crippen LogP contribution in [0.1, 0.15) is 32.6 Å². The van der Waals surface area contributed by atoms with Crippen molar-refractivity contribution in [3.8, 4) is 0 Å². The fraction of sp³-hybridized carbons (Fsp3) is 0.550. The van der Waals surface area contributed by atoms with E-state index in [1.54, 1.807) is 30.0 Å². The SMILES string of the molecule is CC(C(=O)N1CCN(c2ccccc2[N+](=O)[O-])CC1)N1C(=O)NC2(CCCC2)C1=O. The fourth-order valence-electron chi connectivity index (χ4n) is 4.74. The summed E-state index contributed by atoms with van der Waals surface area (Å²) in [6, 6.07) is 5.16. The Hall–Kier alpha value is -3.17. The number of nitro groups is 1. The second kappa shape index (κ2) is 7.58. The molecule has 4 amide bonds. The molecule has 0 bridgehead atoms. The summed E-state index contributed by atoms with van der Waals surface area (Å²) >= 11 is 0. The zero-order chi connectivity index (χ0) is 21.5. The summed E-state index contributed by atoms with van der Waals surface area (Å²) in [4.78, 5) is 53.8. The van der Waals surface area contributed by atoms with Crippen LogP contribution in [0.25, 0.3) is 0 Å². The van der Waals surface area contributed by atoms with E-state index >= 15 is 0 Å². The van der Waals surface area contributed by atoms with Gasteiger partial charge < -0.3 is 15.1 Å². The molecular weight excluding hydrogens is 390 g/mol. The Labute approximate surface area is 173 Å². The number of nitro benzene ring substituents is 1. The van der Waals surface area contributed by atoms with E-state index in [0.29, 0.717) is 44.7 Å². The van der Waals surface area contributed by atoms with Gasteiger partial charge in [0, 0.05) is 32.2 Å². The van der Waals surface area contributed by atoms with Gasteiger partial charge in [-0.3, -0.25) is 19.7 Å². The molecule has 2 aliphatic heterocycles. The van der Waals surface area contributed by atoms with Crippen molar-refractivity contribution in [2.24, 2.45) is 0 Å². The van der Waals surface area contributed by atoms with E-state index in [0.717, 1.165) is 17.7 Å². The highest BCUT2D eigenvalue weighted by Crippen LogP contribution is 2.36. The Morgan fingerprint density at radius 3 is 2.40 bits per heavy atom. The summed E-state index contributed by atoms with van der Waals surface area (Å²) < 4.78 is 0. The number of nitrogens with one attached hydrogen (secondary N) is 1. The molecular formula is C20H25N5O5. The second-order valence-electron chi connectivity index (χ2n) is 8.13. The van der Waals surface area contributed by atoms with Crippen LogP contribution in [-0.2, 0) is 9.59 Å². The topological polar surface area (TPSA) is 116 Å². The molecule has 3 aliphatic rings. The molecule has 1 atom stereocenters. The van der Waals surface area contributed by atoms with Crippen LogP contribution < -0.4 is 10.2 Å². The molecule has 0 radical (unpaired) electrons. The minimum Gasteiger partial charge on any atom is -0.362 e. The largest absolute Gasteiger partial charge is 0.362 e. The number of para-hydroxylation sites is 2. The highest BCUT2D eigenvalue weighted by Gasteiger charge is 2.54. The summed E-state index contributed by atoms with van der Waals surface area (Å²) in [5, 5.41) is 14.1. The van der Waals surface area contributed by atoms with Crippen molar-refractivity contribution in [1.82, 2.24) is 15.1 Å². The maximum atomic E-state index is 13.0. The summed E-state index contributed by atoms with van der Waals surface area (Å²) in [6.45, 7) is 3.19. The average molecular weight is 415 g/mol. The van der Waals surface area contributed by atoms with Gasteiger partial charge in [0.15, 0.2) is 0 Å². The summed E-state index contributed by atoms with van der Waals surface area (Å²) in [5.41, 5.74) is -0.275. The Bertz CT molecular complexity index is 889. The van der Waals surface area contributed by atoms with Gasteiger partial charge in [0.05, 0.1) is 4.92 Å². The lowest BCUT2D eigenvalue weighted by Crippen LogP contribution is -2.55. The maximum Gasteiger partial charge on any atom is 0.325 e. The number of piperazine rings is 1. The van der Waals surface area contributed by atoms with Crippen LogP contribution in [0.3, 0.4) is 0 Å². The standard InChI is InChI=1S/C20H25N5O5/c1-14(24-18(27)20(21-19(24)28)8-4-5-9-20)17(26)23-12-10-22(11-13-23)15-6-2-3-7-16(15)25(29)30/h2-3,6-7,14H,4-5,8-13H2,1H3,(H,21,28). The first kappa shape index (κ1) is 20.1. The predicted octanol–water partition coefficient (Wildman–Crippen LogP) is 1.50. The third kappa shape index (κ3) is 3.25. The number of anilines is 1. The van der Waals surface area contributed by atoms with Gasteiger partial charge in [-0.25, -0.2) is 9.69 Å². The molecule has 1 spiro atoms. The number of carbonyl (C=O) groups excluding carboxylic acids is 3. The molecule has 1 aromatic rings. The van der Waals surface area contributed by atoms with Crippen LogP contribution in [-0.4, -0.2) is 70.3 Å². The number of rotatable bonds is 4. The molecule has 4 rings (SSSR count).